The predicted octanol–water partition coefficient (Wildman–Crippen LogP) is 2.72. The van der Waals surface area contributed by atoms with E-state index in [1.165, 1.54) is 13.3 Å². The second kappa shape index (κ2) is 6.93. The van der Waals surface area contributed by atoms with Crippen LogP contribution in [0.25, 0.3) is 0 Å². The van der Waals surface area contributed by atoms with Crippen LogP contribution in [0.3, 0.4) is 0 Å². The number of carbonyl (C=O) groups is 1. The van der Waals surface area contributed by atoms with E-state index in [2.05, 4.69) is 52.6 Å². The lowest BCUT2D eigenvalue weighted by atomic mass is 10.2. The molecule has 1 heterocycles. The maximum Gasteiger partial charge on any atom is 0.291 e. The molecular formula is C13H12Br2N4O3. The Morgan fingerprint density at radius 1 is 1.50 bits per heavy atom. The lowest BCUT2D eigenvalue weighted by Crippen LogP contribution is -2.18. The number of aromatic nitrogens is 2. The molecule has 7 nitrogen and oxygen atoms in total. The number of benzene rings is 1. The molecule has 0 aliphatic heterocycles. The van der Waals surface area contributed by atoms with Gasteiger partial charge in [-0.25, -0.2) is 5.43 Å². The molecule has 22 heavy (non-hydrogen) atoms. The summed E-state index contributed by atoms with van der Waals surface area (Å²) in [4.78, 5) is 11.8. The van der Waals surface area contributed by atoms with Crippen LogP contribution in [0, 0.1) is 6.92 Å². The Balaban J connectivity index is 2.20. The summed E-state index contributed by atoms with van der Waals surface area (Å²) in [6.45, 7) is 1.79. The van der Waals surface area contributed by atoms with Crippen LogP contribution in [0.1, 0.15) is 21.7 Å². The Labute approximate surface area is 143 Å². The molecule has 0 radical (unpaired) electrons. The fourth-order valence-corrected chi connectivity index (χ4v) is 2.46. The number of methoxy groups -OCH3 is 1. The summed E-state index contributed by atoms with van der Waals surface area (Å²) in [6.07, 6.45) is 1.31. The van der Waals surface area contributed by atoms with Gasteiger partial charge in [-0.15, -0.1) is 0 Å². The average Bonchev–Trinajstić information content (AvgIpc) is 2.93. The number of phenols is 1. The Bertz CT molecular complexity index is 743. The fourth-order valence-electron chi connectivity index (χ4n) is 1.63. The molecule has 2 aromatic rings. The summed E-state index contributed by atoms with van der Waals surface area (Å²) in [7, 11) is 1.44. The van der Waals surface area contributed by atoms with Crippen LogP contribution in [0.15, 0.2) is 26.2 Å². The third-order valence-corrected chi connectivity index (χ3v) is 4.72. The lowest BCUT2D eigenvalue weighted by molar-refractivity contribution is 0.0950. The van der Waals surface area contributed by atoms with Gasteiger partial charge in [0.05, 0.1) is 18.9 Å². The van der Waals surface area contributed by atoms with Gasteiger partial charge in [0, 0.05) is 14.6 Å². The molecule has 3 N–H and O–H groups in total. The third kappa shape index (κ3) is 3.47. The number of hydrazone groups is 1. The van der Waals surface area contributed by atoms with Crippen molar-refractivity contribution < 1.29 is 14.6 Å². The van der Waals surface area contributed by atoms with Crippen molar-refractivity contribution >= 4 is 44.0 Å². The first-order chi connectivity index (χ1) is 10.4. The van der Waals surface area contributed by atoms with Gasteiger partial charge in [-0.3, -0.25) is 9.89 Å². The van der Waals surface area contributed by atoms with E-state index in [0.29, 0.717) is 14.5 Å². The Morgan fingerprint density at radius 3 is 2.82 bits per heavy atom. The topological polar surface area (TPSA) is 99.6 Å². The monoisotopic (exact) mass is 430 g/mol. The number of rotatable bonds is 4. The van der Waals surface area contributed by atoms with Crippen molar-refractivity contribution in [3.8, 4) is 11.5 Å². The van der Waals surface area contributed by atoms with E-state index in [9.17, 15) is 9.90 Å². The molecule has 0 bridgehead atoms. The van der Waals surface area contributed by atoms with Gasteiger partial charge in [0.25, 0.3) is 5.91 Å². The first-order valence-corrected chi connectivity index (χ1v) is 7.63. The number of carbonyl (C=O) groups excluding carboxylic acids is 1. The predicted molar refractivity (Wildman–Crippen MR) is 88.4 cm³/mol. The van der Waals surface area contributed by atoms with E-state index in [1.54, 1.807) is 19.1 Å². The van der Waals surface area contributed by atoms with Crippen LogP contribution >= 0.6 is 31.9 Å². The Kier molecular flexibility index (Phi) is 5.19. The van der Waals surface area contributed by atoms with Crippen molar-refractivity contribution in [2.75, 3.05) is 7.11 Å². The van der Waals surface area contributed by atoms with Crippen molar-refractivity contribution in [2.45, 2.75) is 6.92 Å². The van der Waals surface area contributed by atoms with Gasteiger partial charge in [0.15, 0.2) is 17.2 Å². The van der Waals surface area contributed by atoms with Crippen molar-refractivity contribution in [2.24, 2.45) is 5.10 Å². The number of aryl methyl sites for hydroxylation is 1. The summed E-state index contributed by atoms with van der Waals surface area (Å²) < 4.78 is 6.32. The number of aromatic hydroxyl groups is 1. The normalized spacial score (nSPS) is 10.9. The van der Waals surface area contributed by atoms with Gasteiger partial charge in [0.1, 0.15) is 0 Å². The molecule has 2 rings (SSSR count). The number of nitrogens with one attached hydrogen (secondary N) is 2. The Morgan fingerprint density at radius 2 is 2.23 bits per heavy atom. The first kappa shape index (κ1) is 16.5. The number of halogens is 2. The molecule has 0 saturated heterocycles. The summed E-state index contributed by atoms with van der Waals surface area (Å²) in [5.74, 6) is -0.268. The Hall–Kier alpha value is -1.87. The van der Waals surface area contributed by atoms with Crippen LogP contribution in [-0.4, -0.2) is 34.5 Å². The summed E-state index contributed by atoms with van der Waals surface area (Å²) in [5.41, 5.74) is 3.69. The van der Waals surface area contributed by atoms with Gasteiger partial charge >= 0.3 is 0 Å². The molecule has 116 valence electrons. The van der Waals surface area contributed by atoms with E-state index in [1.807, 2.05) is 0 Å². The number of nitrogens with zero attached hydrogens (tertiary/aromatic N) is 2. The number of aromatic amines is 1. The van der Waals surface area contributed by atoms with Gasteiger partial charge in [0.2, 0.25) is 0 Å². The minimum atomic E-state index is -0.460. The van der Waals surface area contributed by atoms with Gasteiger partial charge < -0.3 is 9.84 Å². The van der Waals surface area contributed by atoms with Crippen molar-refractivity contribution in [3.05, 3.63) is 38.0 Å². The van der Waals surface area contributed by atoms with Crippen LogP contribution in [0.4, 0.5) is 0 Å². The molecule has 1 amide bonds. The van der Waals surface area contributed by atoms with E-state index in [-0.39, 0.29) is 17.2 Å². The molecule has 9 heteroatoms. The van der Waals surface area contributed by atoms with Crippen molar-refractivity contribution in [1.29, 1.82) is 0 Å². The van der Waals surface area contributed by atoms with Gasteiger partial charge in [-0.05, 0) is 50.9 Å². The minimum Gasteiger partial charge on any atom is -0.504 e. The molecule has 1 aromatic carbocycles. The highest BCUT2D eigenvalue weighted by Crippen LogP contribution is 2.39. The van der Waals surface area contributed by atoms with E-state index < -0.39 is 5.91 Å². The second-order valence-corrected chi connectivity index (χ2v) is 5.92. The first-order valence-electron chi connectivity index (χ1n) is 6.04. The number of hydrogen-bond acceptors (Lipinski definition) is 5. The zero-order valence-corrected chi connectivity index (χ0v) is 14.8. The van der Waals surface area contributed by atoms with Crippen LogP contribution in [0.5, 0.6) is 11.5 Å². The van der Waals surface area contributed by atoms with E-state index in [4.69, 9.17) is 4.74 Å². The zero-order chi connectivity index (χ0) is 16.3. The highest BCUT2D eigenvalue weighted by atomic mass is 79.9. The molecule has 0 spiro atoms. The van der Waals surface area contributed by atoms with Gasteiger partial charge in [-0.1, -0.05) is 0 Å². The summed E-state index contributed by atoms with van der Waals surface area (Å²) in [6, 6.07) is 3.21. The van der Waals surface area contributed by atoms with Crippen molar-refractivity contribution in [1.82, 2.24) is 15.6 Å². The quantitative estimate of drug-likeness (QED) is 0.511. The fraction of sp³-hybridized carbons (Fsp3) is 0.154. The summed E-state index contributed by atoms with van der Waals surface area (Å²) in [5, 5.41) is 20.4. The molecule has 1 aromatic heterocycles. The van der Waals surface area contributed by atoms with Crippen molar-refractivity contribution in [3.63, 3.8) is 0 Å². The maximum absolute atomic E-state index is 11.8. The number of amides is 1. The SMILES string of the molecule is COc1cc(Br)c(Br)c(C=NNC(=O)c2cc(C)[nH]n2)c1O. The number of ether oxygens (including phenoxy) is 1. The lowest BCUT2D eigenvalue weighted by Gasteiger charge is -2.09. The highest BCUT2D eigenvalue weighted by Gasteiger charge is 2.14. The van der Waals surface area contributed by atoms with Crippen LogP contribution in [-0.2, 0) is 0 Å². The molecule has 0 unspecified atom stereocenters. The zero-order valence-electron chi connectivity index (χ0n) is 11.6. The number of hydrogen-bond donors (Lipinski definition) is 3. The molecule has 0 aliphatic rings. The standard InChI is InChI=1S/C13H12Br2N4O3/c1-6-3-9(18-17-6)13(21)19-16-5-7-11(15)8(14)4-10(22-2)12(7)20/h3-5,20H,1-2H3,(H,17,18)(H,19,21). The number of phenolic OH excluding ortho intramolecular Hbond substituents is 1. The molecular weight excluding hydrogens is 420 g/mol. The van der Waals surface area contributed by atoms with Gasteiger partial charge in [-0.2, -0.15) is 10.2 Å². The second-order valence-electron chi connectivity index (χ2n) is 4.27. The molecule has 0 fully saturated rings. The molecule has 0 aliphatic carbocycles. The van der Waals surface area contributed by atoms with E-state index >= 15 is 0 Å². The van der Waals surface area contributed by atoms with Crippen LogP contribution < -0.4 is 10.2 Å². The largest absolute Gasteiger partial charge is 0.504 e. The number of H-pyrrole nitrogens is 1. The summed E-state index contributed by atoms with van der Waals surface area (Å²) >= 11 is 6.66. The average molecular weight is 432 g/mol. The minimum absolute atomic E-state index is 0.0915. The van der Waals surface area contributed by atoms with Crippen LogP contribution in [0.2, 0.25) is 0 Å². The third-order valence-electron chi connectivity index (χ3n) is 2.71. The molecule has 0 atom stereocenters. The smallest absolute Gasteiger partial charge is 0.291 e. The van der Waals surface area contributed by atoms with E-state index in [0.717, 1.165) is 5.69 Å². The maximum atomic E-state index is 11.8. The molecule has 0 saturated carbocycles. The highest BCUT2D eigenvalue weighted by molar-refractivity contribution is 9.13.